The number of tetrazole rings is 1. The molecular weight excluding hydrogens is 379 g/mol. The third kappa shape index (κ3) is 4.77. The van der Waals surface area contributed by atoms with E-state index in [9.17, 15) is 19.3 Å². The number of aromatic nitrogens is 4. The number of anilines is 1. The molecule has 1 amide bonds. The van der Waals surface area contributed by atoms with Crippen LogP contribution >= 0.6 is 11.8 Å². The van der Waals surface area contributed by atoms with Gasteiger partial charge in [0.15, 0.2) is 0 Å². The predicted molar refractivity (Wildman–Crippen MR) is 93.8 cm³/mol. The van der Waals surface area contributed by atoms with Crippen LogP contribution in [0.4, 0.5) is 15.8 Å². The maximum Gasteiger partial charge on any atom is 0.306 e. The molecule has 1 aliphatic heterocycles. The number of nitrogens with zero attached hydrogens (tertiary/aromatic N) is 5. The van der Waals surface area contributed by atoms with Gasteiger partial charge in [0.2, 0.25) is 16.9 Å². The lowest BCUT2D eigenvalue weighted by Gasteiger charge is -2.13. The van der Waals surface area contributed by atoms with Crippen LogP contribution in [0, 0.1) is 15.9 Å². The number of hydrogen-bond donors (Lipinski definition) is 1. The normalized spacial score (nSPS) is 17.6. The van der Waals surface area contributed by atoms with Crippen LogP contribution in [0.25, 0.3) is 0 Å². The van der Waals surface area contributed by atoms with Gasteiger partial charge in [0.05, 0.1) is 22.8 Å². The summed E-state index contributed by atoms with van der Waals surface area (Å²) in [6, 6.07) is 3.18. The van der Waals surface area contributed by atoms with Crippen molar-refractivity contribution in [3.63, 3.8) is 0 Å². The quantitative estimate of drug-likeness (QED) is 0.428. The van der Waals surface area contributed by atoms with E-state index in [4.69, 9.17) is 4.74 Å². The molecule has 1 fully saturated rings. The molecule has 27 heavy (non-hydrogen) atoms. The second-order valence-electron chi connectivity index (χ2n) is 5.95. The van der Waals surface area contributed by atoms with Crippen molar-refractivity contribution < 1.29 is 18.8 Å². The number of rotatable bonds is 7. The van der Waals surface area contributed by atoms with Crippen molar-refractivity contribution >= 4 is 29.0 Å². The van der Waals surface area contributed by atoms with E-state index in [1.165, 1.54) is 6.07 Å². The molecule has 0 aliphatic carbocycles. The van der Waals surface area contributed by atoms with Crippen LogP contribution in [0.5, 0.6) is 0 Å². The summed E-state index contributed by atoms with van der Waals surface area (Å²) in [6.07, 6.45) is 1.98. The zero-order chi connectivity index (χ0) is 19.4. The summed E-state index contributed by atoms with van der Waals surface area (Å²) in [7, 11) is 0. The first-order chi connectivity index (χ1) is 12.9. The fraction of sp³-hybridized carbons (Fsp3) is 0.467. The smallest absolute Gasteiger partial charge is 0.306 e. The van der Waals surface area contributed by atoms with Crippen LogP contribution in [-0.4, -0.2) is 49.0 Å². The van der Waals surface area contributed by atoms with Gasteiger partial charge >= 0.3 is 5.69 Å². The zero-order valence-electron chi connectivity index (χ0n) is 14.4. The number of nitrogens with one attached hydrogen (secondary N) is 1. The van der Waals surface area contributed by atoms with Gasteiger partial charge in [-0.1, -0.05) is 11.8 Å². The number of ether oxygens (including phenoxy) is 1. The van der Waals surface area contributed by atoms with Gasteiger partial charge in [-0.25, -0.2) is 4.68 Å². The number of benzene rings is 1. The Labute approximate surface area is 157 Å². The van der Waals surface area contributed by atoms with E-state index in [0.717, 1.165) is 43.3 Å². The second kappa shape index (κ2) is 8.39. The molecule has 10 nitrogen and oxygen atoms in total. The lowest BCUT2D eigenvalue weighted by Crippen LogP contribution is -2.24. The Morgan fingerprint density at radius 3 is 3.11 bits per heavy atom. The average molecular weight is 396 g/mol. The fourth-order valence-corrected chi connectivity index (χ4v) is 3.36. The molecule has 2 aromatic rings. The van der Waals surface area contributed by atoms with Crippen LogP contribution in [0.1, 0.15) is 19.8 Å². The van der Waals surface area contributed by atoms with Crippen molar-refractivity contribution in [2.45, 2.75) is 42.8 Å². The molecule has 1 saturated heterocycles. The molecular formula is C15H17FN6O4S. The van der Waals surface area contributed by atoms with E-state index in [2.05, 4.69) is 20.8 Å². The zero-order valence-corrected chi connectivity index (χ0v) is 15.2. The number of amides is 1. The summed E-state index contributed by atoms with van der Waals surface area (Å²) in [5, 5.41) is 24.7. The van der Waals surface area contributed by atoms with E-state index in [1.54, 1.807) is 11.6 Å². The van der Waals surface area contributed by atoms with E-state index < -0.39 is 27.6 Å². The number of thioether (sulfide) groups is 1. The molecule has 12 heteroatoms. The molecule has 2 heterocycles. The fourth-order valence-electron chi connectivity index (χ4n) is 2.56. The van der Waals surface area contributed by atoms with E-state index in [1.807, 2.05) is 0 Å². The summed E-state index contributed by atoms with van der Waals surface area (Å²) in [5.41, 5.74) is -0.562. The SMILES string of the molecule is CC(Sc1nnnn1CC1CCCO1)C(=O)Nc1ccc(F)c([N+](=O)[O-])c1. The number of carbonyl (C=O) groups is 1. The third-order valence-electron chi connectivity index (χ3n) is 3.96. The predicted octanol–water partition coefficient (Wildman–Crippen LogP) is 2.02. The summed E-state index contributed by atoms with van der Waals surface area (Å²) >= 11 is 1.15. The highest BCUT2D eigenvalue weighted by molar-refractivity contribution is 8.00. The molecule has 1 aromatic carbocycles. The molecule has 1 aromatic heterocycles. The van der Waals surface area contributed by atoms with Crippen LogP contribution in [0.15, 0.2) is 23.4 Å². The molecule has 2 unspecified atom stereocenters. The molecule has 2 atom stereocenters. The van der Waals surface area contributed by atoms with E-state index >= 15 is 0 Å². The lowest BCUT2D eigenvalue weighted by atomic mass is 10.2. The summed E-state index contributed by atoms with van der Waals surface area (Å²) in [5.74, 6) is -1.37. The Morgan fingerprint density at radius 2 is 2.41 bits per heavy atom. The highest BCUT2D eigenvalue weighted by Gasteiger charge is 2.23. The van der Waals surface area contributed by atoms with Crippen molar-refractivity contribution in [3.8, 4) is 0 Å². The average Bonchev–Trinajstić information content (AvgIpc) is 3.29. The van der Waals surface area contributed by atoms with Crippen molar-refractivity contribution in [1.82, 2.24) is 20.2 Å². The van der Waals surface area contributed by atoms with Gasteiger partial charge < -0.3 is 10.1 Å². The number of hydrogen-bond acceptors (Lipinski definition) is 8. The summed E-state index contributed by atoms with van der Waals surface area (Å²) in [6.45, 7) is 2.88. The first kappa shape index (κ1) is 19.2. The number of carbonyl (C=O) groups excluding carboxylic acids is 1. The Morgan fingerprint density at radius 1 is 1.59 bits per heavy atom. The molecule has 3 rings (SSSR count). The van der Waals surface area contributed by atoms with Gasteiger partial charge in [0.25, 0.3) is 0 Å². The second-order valence-corrected chi connectivity index (χ2v) is 7.26. The van der Waals surface area contributed by atoms with Gasteiger partial charge in [0, 0.05) is 18.4 Å². The van der Waals surface area contributed by atoms with Gasteiger partial charge in [-0.05, 0) is 42.3 Å². The van der Waals surface area contributed by atoms with E-state index in [0.29, 0.717) is 11.7 Å². The minimum atomic E-state index is -0.964. The summed E-state index contributed by atoms with van der Waals surface area (Å²) in [4.78, 5) is 22.3. The first-order valence-electron chi connectivity index (χ1n) is 8.23. The van der Waals surface area contributed by atoms with Crippen molar-refractivity contribution in [2.75, 3.05) is 11.9 Å². The largest absolute Gasteiger partial charge is 0.376 e. The lowest BCUT2D eigenvalue weighted by molar-refractivity contribution is -0.387. The molecule has 0 spiro atoms. The van der Waals surface area contributed by atoms with Gasteiger partial charge in [-0.3, -0.25) is 14.9 Å². The molecule has 1 aliphatic rings. The standard InChI is InChI=1S/C15H17FN6O4S/c1-9(14(23)17-10-4-5-12(16)13(7-10)22(24)25)27-15-18-19-20-21(15)8-11-3-2-6-26-11/h4-5,7,9,11H,2-3,6,8H2,1H3,(H,17,23). The highest BCUT2D eigenvalue weighted by atomic mass is 32.2. The van der Waals surface area contributed by atoms with Crippen molar-refractivity contribution in [2.24, 2.45) is 0 Å². The van der Waals surface area contributed by atoms with Gasteiger partial charge in [0.1, 0.15) is 0 Å². The van der Waals surface area contributed by atoms with E-state index in [-0.39, 0.29) is 11.8 Å². The van der Waals surface area contributed by atoms with Crippen LogP contribution < -0.4 is 5.32 Å². The Kier molecular flexibility index (Phi) is 5.96. The Bertz CT molecular complexity index is 841. The molecule has 0 saturated carbocycles. The van der Waals surface area contributed by atoms with Crippen LogP contribution in [0.2, 0.25) is 0 Å². The van der Waals surface area contributed by atoms with Crippen LogP contribution in [0.3, 0.4) is 0 Å². The number of halogens is 1. The third-order valence-corrected chi connectivity index (χ3v) is 5.03. The Balaban J connectivity index is 1.62. The summed E-state index contributed by atoms with van der Waals surface area (Å²) < 4.78 is 20.5. The maximum atomic E-state index is 13.4. The topological polar surface area (TPSA) is 125 Å². The maximum absolute atomic E-state index is 13.4. The molecule has 1 N–H and O–H groups in total. The molecule has 0 bridgehead atoms. The minimum Gasteiger partial charge on any atom is -0.376 e. The first-order valence-corrected chi connectivity index (χ1v) is 9.11. The van der Waals surface area contributed by atoms with Crippen molar-refractivity contribution in [3.05, 3.63) is 34.1 Å². The monoisotopic (exact) mass is 396 g/mol. The molecule has 0 radical (unpaired) electrons. The number of nitro benzene ring substituents is 1. The van der Waals surface area contributed by atoms with Gasteiger partial charge in [-0.15, -0.1) is 5.10 Å². The van der Waals surface area contributed by atoms with Crippen LogP contribution in [-0.2, 0) is 16.1 Å². The number of nitro groups is 1. The van der Waals surface area contributed by atoms with Crippen molar-refractivity contribution in [1.29, 1.82) is 0 Å². The Hall–Kier alpha value is -2.60. The van der Waals surface area contributed by atoms with Gasteiger partial charge in [-0.2, -0.15) is 4.39 Å². The molecule has 144 valence electrons. The minimum absolute atomic E-state index is 0.0525. The highest BCUT2D eigenvalue weighted by Crippen LogP contribution is 2.25.